The summed E-state index contributed by atoms with van der Waals surface area (Å²) in [7, 11) is 0. The summed E-state index contributed by atoms with van der Waals surface area (Å²) in [6.45, 7) is 3.21. The van der Waals surface area contributed by atoms with Crippen molar-refractivity contribution >= 4 is 0 Å². The number of rotatable bonds is 4. The van der Waals surface area contributed by atoms with Crippen LogP contribution in [0.2, 0.25) is 0 Å². The third kappa shape index (κ3) is 3.27. The summed E-state index contributed by atoms with van der Waals surface area (Å²) in [6, 6.07) is 0.693. The van der Waals surface area contributed by atoms with E-state index in [9.17, 15) is 0 Å². The van der Waals surface area contributed by atoms with Gasteiger partial charge in [-0.2, -0.15) is 0 Å². The van der Waals surface area contributed by atoms with Crippen molar-refractivity contribution < 1.29 is 0 Å². The Morgan fingerprint density at radius 1 is 1.31 bits per heavy atom. The van der Waals surface area contributed by atoms with E-state index in [1.165, 1.54) is 37.7 Å². The Morgan fingerprint density at radius 2 is 2.12 bits per heavy atom. The molecule has 2 unspecified atom stereocenters. The van der Waals surface area contributed by atoms with Crippen molar-refractivity contribution in [3.05, 3.63) is 24.3 Å². The van der Waals surface area contributed by atoms with Crippen molar-refractivity contribution in [1.29, 1.82) is 0 Å². The highest BCUT2D eigenvalue weighted by Gasteiger charge is 2.19. The number of aromatic nitrogens is 2. The summed E-state index contributed by atoms with van der Waals surface area (Å²) in [4.78, 5) is 8.06. The quantitative estimate of drug-likeness (QED) is 0.845. The topological polar surface area (TPSA) is 37.8 Å². The van der Waals surface area contributed by atoms with Crippen LogP contribution in [0.5, 0.6) is 0 Å². The Kier molecular flexibility index (Phi) is 4.28. The van der Waals surface area contributed by atoms with E-state index in [-0.39, 0.29) is 0 Å². The molecule has 0 radical (unpaired) electrons. The molecule has 88 valence electrons. The summed E-state index contributed by atoms with van der Waals surface area (Å²) in [5.74, 6) is 0.929. The lowest BCUT2D eigenvalue weighted by atomic mass is 9.84. The number of nitrogens with zero attached hydrogens (tertiary/aromatic N) is 2. The molecule has 1 aromatic heterocycles. The van der Waals surface area contributed by atoms with Crippen LogP contribution >= 0.6 is 0 Å². The molecular weight excluding hydrogens is 198 g/mol. The van der Waals surface area contributed by atoms with Crippen LogP contribution in [0.15, 0.2) is 18.7 Å². The van der Waals surface area contributed by atoms with Crippen LogP contribution < -0.4 is 5.32 Å². The molecule has 3 nitrogen and oxygen atoms in total. The lowest BCUT2D eigenvalue weighted by Gasteiger charge is -2.29. The van der Waals surface area contributed by atoms with Crippen molar-refractivity contribution in [3.63, 3.8) is 0 Å². The molecule has 0 spiro atoms. The van der Waals surface area contributed by atoms with E-state index in [1.807, 2.05) is 12.4 Å². The first-order chi connectivity index (χ1) is 7.88. The van der Waals surface area contributed by atoms with Gasteiger partial charge in [-0.3, -0.25) is 0 Å². The monoisotopic (exact) mass is 219 g/mol. The Morgan fingerprint density at radius 3 is 2.88 bits per heavy atom. The maximum Gasteiger partial charge on any atom is 0.115 e. The highest BCUT2D eigenvalue weighted by molar-refractivity contribution is 5.01. The van der Waals surface area contributed by atoms with Crippen molar-refractivity contribution in [1.82, 2.24) is 15.3 Å². The minimum Gasteiger partial charge on any atom is -0.310 e. The zero-order valence-corrected chi connectivity index (χ0v) is 10.0. The number of hydrogen-bond acceptors (Lipinski definition) is 3. The van der Waals surface area contributed by atoms with Gasteiger partial charge in [0.05, 0.1) is 0 Å². The molecule has 1 heterocycles. The van der Waals surface area contributed by atoms with Gasteiger partial charge in [-0.05, 0) is 18.8 Å². The van der Waals surface area contributed by atoms with E-state index >= 15 is 0 Å². The van der Waals surface area contributed by atoms with E-state index in [2.05, 4.69) is 22.2 Å². The molecular formula is C13H21N3. The van der Waals surface area contributed by atoms with Crippen molar-refractivity contribution in [3.8, 4) is 0 Å². The first-order valence-corrected chi connectivity index (χ1v) is 6.35. The van der Waals surface area contributed by atoms with Gasteiger partial charge in [0.2, 0.25) is 0 Å². The minimum atomic E-state index is 0.693. The molecule has 1 saturated carbocycles. The third-order valence-corrected chi connectivity index (χ3v) is 3.57. The first-order valence-electron chi connectivity index (χ1n) is 6.35. The molecule has 0 bridgehead atoms. The largest absolute Gasteiger partial charge is 0.310 e. The van der Waals surface area contributed by atoms with E-state index < -0.39 is 0 Å². The average Bonchev–Trinajstić information content (AvgIpc) is 2.38. The van der Waals surface area contributed by atoms with Crippen LogP contribution in [0.4, 0.5) is 0 Å². The molecule has 2 rings (SSSR count). The second-order valence-electron chi connectivity index (χ2n) is 4.77. The Bertz CT molecular complexity index is 299. The van der Waals surface area contributed by atoms with Gasteiger partial charge in [0, 0.05) is 30.5 Å². The summed E-state index contributed by atoms with van der Waals surface area (Å²) in [6.07, 6.45) is 12.1. The van der Waals surface area contributed by atoms with Crippen molar-refractivity contribution in [2.75, 3.05) is 0 Å². The van der Waals surface area contributed by atoms with Crippen LogP contribution in [0.3, 0.4) is 0 Å². The van der Waals surface area contributed by atoms with Crippen molar-refractivity contribution in [2.45, 2.75) is 51.6 Å². The minimum absolute atomic E-state index is 0.693. The second kappa shape index (κ2) is 5.94. The maximum absolute atomic E-state index is 4.03. The predicted octanol–water partition coefficient (Wildman–Crippen LogP) is 2.54. The number of hydrogen-bond donors (Lipinski definition) is 1. The summed E-state index contributed by atoms with van der Waals surface area (Å²) in [5.41, 5.74) is 1.18. The molecule has 1 aromatic rings. The van der Waals surface area contributed by atoms with Gasteiger partial charge in [-0.1, -0.05) is 26.2 Å². The van der Waals surface area contributed by atoms with Crippen LogP contribution in [-0.4, -0.2) is 16.0 Å². The molecule has 1 aliphatic rings. The van der Waals surface area contributed by atoms with Crippen molar-refractivity contribution in [2.24, 2.45) is 5.92 Å². The molecule has 0 aliphatic heterocycles. The maximum atomic E-state index is 4.03. The zero-order valence-electron chi connectivity index (χ0n) is 10.0. The van der Waals surface area contributed by atoms with Gasteiger partial charge in [-0.25, -0.2) is 9.97 Å². The summed E-state index contributed by atoms with van der Waals surface area (Å²) < 4.78 is 0. The molecule has 0 aromatic carbocycles. The lowest BCUT2D eigenvalue weighted by molar-refractivity contribution is 0.278. The SMILES string of the molecule is CCC1CCCC(NCc2cncnc2)C1. The molecule has 3 heteroatoms. The number of nitrogens with one attached hydrogen (secondary N) is 1. The van der Waals surface area contributed by atoms with Gasteiger partial charge in [0.1, 0.15) is 6.33 Å². The lowest BCUT2D eigenvalue weighted by Crippen LogP contribution is -2.33. The van der Waals surface area contributed by atoms with Gasteiger partial charge in [0.25, 0.3) is 0 Å². The molecule has 0 saturated heterocycles. The average molecular weight is 219 g/mol. The first kappa shape index (κ1) is 11.5. The zero-order chi connectivity index (χ0) is 11.2. The molecule has 0 amide bonds. The van der Waals surface area contributed by atoms with Crippen LogP contribution in [0, 0.1) is 5.92 Å². The fourth-order valence-corrected chi connectivity index (χ4v) is 2.53. The highest BCUT2D eigenvalue weighted by Crippen LogP contribution is 2.26. The molecule has 1 N–H and O–H groups in total. The van der Waals surface area contributed by atoms with Gasteiger partial charge < -0.3 is 5.32 Å². The fourth-order valence-electron chi connectivity index (χ4n) is 2.53. The third-order valence-electron chi connectivity index (χ3n) is 3.57. The standard InChI is InChI=1S/C13H21N3/c1-2-11-4-3-5-13(6-11)16-9-12-7-14-10-15-8-12/h7-8,10-11,13,16H,2-6,9H2,1H3. The summed E-state index contributed by atoms with van der Waals surface area (Å²) >= 11 is 0. The second-order valence-corrected chi connectivity index (χ2v) is 4.77. The van der Waals surface area contributed by atoms with E-state index in [0.717, 1.165) is 12.5 Å². The predicted molar refractivity (Wildman–Crippen MR) is 64.9 cm³/mol. The smallest absolute Gasteiger partial charge is 0.115 e. The normalized spacial score (nSPS) is 25.6. The molecule has 1 fully saturated rings. The highest BCUT2D eigenvalue weighted by atomic mass is 14.9. The van der Waals surface area contributed by atoms with Gasteiger partial charge in [-0.15, -0.1) is 0 Å². The van der Waals surface area contributed by atoms with Crippen LogP contribution in [0.25, 0.3) is 0 Å². The van der Waals surface area contributed by atoms with E-state index in [1.54, 1.807) is 6.33 Å². The van der Waals surface area contributed by atoms with Gasteiger partial charge >= 0.3 is 0 Å². The summed E-state index contributed by atoms with van der Waals surface area (Å²) in [5, 5.41) is 3.62. The molecule has 16 heavy (non-hydrogen) atoms. The van der Waals surface area contributed by atoms with Crippen LogP contribution in [-0.2, 0) is 6.54 Å². The van der Waals surface area contributed by atoms with E-state index in [0.29, 0.717) is 6.04 Å². The fraction of sp³-hybridized carbons (Fsp3) is 0.692. The molecule has 2 atom stereocenters. The van der Waals surface area contributed by atoms with Crippen LogP contribution in [0.1, 0.15) is 44.6 Å². The Labute approximate surface area is 97.7 Å². The Hall–Kier alpha value is -0.960. The van der Waals surface area contributed by atoms with E-state index in [4.69, 9.17) is 0 Å². The molecule has 1 aliphatic carbocycles. The van der Waals surface area contributed by atoms with Gasteiger partial charge in [0.15, 0.2) is 0 Å². The Balaban J connectivity index is 1.77.